The summed E-state index contributed by atoms with van der Waals surface area (Å²) in [5.41, 5.74) is 7.54. The predicted molar refractivity (Wildman–Crippen MR) is 97.5 cm³/mol. The van der Waals surface area contributed by atoms with E-state index >= 15 is 0 Å². The monoisotopic (exact) mass is 334 g/mol. The number of carbonyl (C=O) groups excluding carboxylic acids is 1. The Morgan fingerprint density at radius 1 is 1.39 bits per heavy atom. The Bertz CT molecular complexity index is 610. The molecule has 0 aliphatic heterocycles. The van der Waals surface area contributed by atoms with Crippen LogP contribution < -0.4 is 11.1 Å². The summed E-state index contributed by atoms with van der Waals surface area (Å²) >= 11 is 1.58. The van der Waals surface area contributed by atoms with E-state index < -0.39 is 0 Å². The molecule has 0 saturated carbocycles. The zero-order valence-electron chi connectivity index (χ0n) is 14.1. The topological polar surface area (TPSA) is 83.8 Å². The van der Waals surface area contributed by atoms with Crippen LogP contribution in [-0.2, 0) is 4.79 Å². The normalized spacial score (nSPS) is 13.2. The fourth-order valence-corrected chi connectivity index (χ4v) is 3.29. The van der Waals surface area contributed by atoms with Gasteiger partial charge in [-0.25, -0.2) is 4.98 Å². The summed E-state index contributed by atoms with van der Waals surface area (Å²) in [5.74, 6) is 1.34. The Labute approximate surface area is 141 Å². The van der Waals surface area contributed by atoms with Crippen LogP contribution in [0.5, 0.6) is 0 Å². The van der Waals surface area contributed by atoms with E-state index in [1.165, 1.54) is 0 Å². The molecule has 1 atom stereocenters. The lowest BCUT2D eigenvalue weighted by Crippen LogP contribution is -2.53. The van der Waals surface area contributed by atoms with E-state index in [0.29, 0.717) is 12.3 Å². The molecule has 0 aliphatic carbocycles. The molecule has 0 saturated heterocycles. The number of thioether (sulfide) groups is 1. The van der Waals surface area contributed by atoms with Gasteiger partial charge in [0, 0.05) is 6.54 Å². The van der Waals surface area contributed by atoms with Crippen molar-refractivity contribution < 1.29 is 4.79 Å². The average Bonchev–Trinajstić information content (AvgIpc) is 3.02. The number of H-pyrrole nitrogens is 1. The van der Waals surface area contributed by atoms with Crippen LogP contribution in [0.1, 0.15) is 44.7 Å². The highest BCUT2D eigenvalue weighted by molar-refractivity contribution is 8.00. The highest BCUT2D eigenvalue weighted by Gasteiger charge is 2.26. The third-order valence-corrected chi connectivity index (χ3v) is 5.56. The van der Waals surface area contributed by atoms with Crippen LogP contribution >= 0.6 is 11.8 Å². The number of hydrogen-bond acceptors (Lipinski definition) is 4. The predicted octanol–water partition coefficient (Wildman–Crippen LogP) is 2.99. The maximum atomic E-state index is 12.2. The summed E-state index contributed by atoms with van der Waals surface area (Å²) in [4.78, 5) is 20.1. The number of nitrogens with two attached hydrogens (primary N) is 1. The molecule has 6 heteroatoms. The quantitative estimate of drug-likeness (QED) is 0.693. The van der Waals surface area contributed by atoms with Crippen molar-refractivity contribution in [1.82, 2.24) is 15.3 Å². The maximum absolute atomic E-state index is 12.2. The molecule has 23 heavy (non-hydrogen) atoms. The van der Waals surface area contributed by atoms with Crippen LogP contribution in [0.2, 0.25) is 0 Å². The van der Waals surface area contributed by atoms with Crippen molar-refractivity contribution in [3.8, 4) is 0 Å². The number of hydrogen-bond donors (Lipinski definition) is 3. The molecule has 2 aromatic rings. The number of fused-ring (bicyclic) bond motifs is 1. The molecule has 0 bridgehead atoms. The number of benzene rings is 1. The van der Waals surface area contributed by atoms with Crippen molar-refractivity contribution in [2.24, 2.45) is 5.73 Å². The Kier molecular flexibility index (Phi) is 6.07. The highest BCUT2D eigenvalue weighted by atomic mass is 32.2. The SMILES string of the molecule is CCC(CC)(CN)NC(=O)CSC(C)c1nc2ccccc2[nH]1. The number of para-hydroxylation sites is 2. The fraction of sp³-hybridized carbons (Fsp3) is 0.529. The first kappa shape index (κ1) is 17.8. The van der Waals surface area contributed by atoms with Crippen LogP contribution in [-0.4, -0.2) is 33.7 Å². The van der Waals surface area contributed by atoms with Crippen LogP contribution in [0.4, 0.5) is 0 Å². The van der Waals surface area contributed by atoms with Gasteiger partial charge in [0.1, 0.15) is 5.82 Å². The molecule has 2 rings (SSSR count). The van der Waals surface area contributed by atoms with Gasteiger partial charge in [0.05, 0.1) is 27.6 Å². The highest BCUT2D eigenvalue weighted by Crippen LogP contribution is 2.27. The molecular weight excluding hydrogens is 308 g/mol. The minimum absolute atomic E-state index is 0.0344. The molecule has 4 N–H and O–H groups in total. The summed E-state index contributed by atoms with van der Waals surface area (Å²) < 4.78 is 0. The lowest BCUT2D eigenvalue weighted by Gasteiger charge is -2.31. The van der Waals surface area contributed by atoms with E-state index in [2.05, 4.69) is 36.1 Å². The standard InChI is InChI=1S/C17H26N4OS/c1-4-17(5-2,11-18)21-15(22)10-23-12(3)16-19-13-8-6-7-9-14(13)20-16/h6-9,12H,4-5,10-11,18H2,1-3H3,(H,19,20)(H,21,22). The number of carbonyl (C=O) groups is 1. The molecular formula is C17H26N4OS. The first-order valence-corrected chi connectivity index (χ1v) is 9.15. The molecule has 1 unspecified atom stereocenters. The molecule has 0 spiro atoms. The number of nitrogens with one attached hydrogen (secondary N) is 2. The maximum Gasteiger partial charge on any atom is 0.230 e. The van der Waals surface area contributed by atoms with Crippen molar-refractivity contribution in [2.75, 3.05) is 12.3 Å². The smallest absolute Gasteiger partial charge is 0.230 e. The number of aromatic amines is 1. The van der Waals surface area contributed by atoms with Gasteiger partial charge in [-0.3, -0.25) is 4.79 Å². The first-order chi connectivity index (χ1) is 11.0. The van der Waals surface area contributed by atoms with Gasteiger partial charge in [-0.15, -0.1) is 11.8 Å². The minimum Gasteiger partial charge on any atom is -0.349 e. The Morgan fingerprint density at radius 3 is 2.70 bits per heavy atom. The average molecular weight is 334 g/mol. The zero-order valence-corrected chi connectivity index (χ0v) is 14.9. The minimum atomic E-state index is -0.278. The number of nitrogens with zero attached hydrogens (tertiary/aromatic N) is 1. The molecule has 126 valence electrons. The molecule has 1 aromatic carbocycles. The first-order valence-electron chi connectivity index (χ1n) is 8.11. The van der Waals surface area contributed by atoms with Crippen molar-refractivity contribution >= 4 is 28.7 Å². The Balaban J connectivity index is 1.93. The van der Waals surface area contributed by atoms with Gasteiger partial charge in [0.15, 0.2) is 0 Å². The summed E-state index contributed by atoms with van der Waals surface area (Å²) in [5, 5.41) is 3.23. The van der Waals surface area contributed by atoms with Crippen molar-refractivity contribution in [3.63, 3.8) is 0 Å². The van der Waals surface area contributed by atoms with Crippen molar-refractivity contribution in [2.45, 2.75) is 44.4 Å². The fourth-order valence-electron chi connectivity index (χ4n) is 2.54. The second-order valence-electron chi connectivity index (χ2n) is 5.83. The van der Waals surface area contributed by atoms with E-state index in [0.717, 1.165) is 29.7 Å². The summed E-state index contributed by atoms with van der Waals surface area (Å²) in [6.07, 6.45) is 1.69. The Morgan fingerprint density at radius 2 is 2.09 bits per heavy atom. The van der Waals surface area contributed by atoms with E-state index in [-0.39, 0.29) is 16.7 Å². The van der Waals surface area contributed by atoms with Gasteiger partial charge >= 0.3 is 0 Å². The van der Waals surface area contributed by atoms with Crippen LogP contribution in [0.3, 0.4) is 0 Å². The summed E-state index contributed by atoms with van der Waals surface area (Å²) in [6, 6.07) is 7.95. The number of amides is 1. The molecule has 1 amide bonds. The van der Waals surface area contributed by atoms with E-state index in [4.69, 9.17) is 5.73 Å². The zero-order chi connectivity index (χ0) is 16.9. The van der Waals surface area contributed by atoms with Crippen LogP contribution in [0, 0.1) is 0 Å². The van der Waals surface area contributed by atoms with Crippen molar-refractivity contribution in [3.05, 3.63) is 30.1 Å². The molecule has 0 aliphatic rings. The van der Waals surface area contributed by atoms with Gasteiger partial charge < -0.3 is 16.0 Å². The number of aromatic nitrogens is 2. The van der Waals surface area contributed by atoms with Gasteiger partial charge in [-0.2, -0.15) is 0 Å². The largest absolute Gasteiger partial charge is 0.349 e. The van der Waals surface area contributed by atoms with Gasteiger partial charge in [0.25, 0.3) is 0 Å². The molecule has 1 aromatic heterocycles. The van der Waals surface area contributed by atoms with Crippen molar-refractivity contribution in [1.29, 1.82) is 0 Å². The number of imidazole rings is 1. The molecule has 0 fully saturated rings. The third kappa shape index (κ3) is 4.26. The molecule has 5 nitrogen and oxygen atoms in total. The summed E-state index contributed by atoms with van der Waals surface area (Å²) in [6.45, 7) is 6.64. The van der Waals surface area contributed by atoms with Gasteiger partial charge in [0.2, 0.25) is 5.91 Å². The third-order valence-electron chi connectivity index (χ3n) is 4.41. The lowest BCUT2D eigenvalue weighted by molar-refractivity contribution is -0.120. The second-order valence-corrected chi connectivity index (χ2v) is 7.16. The lowest BCUT2D eigenvalue weighted by atomic mass is 9.93. The van der Waals surface area contributed by atoms with Crippen LogP contribution in [0.25, 0.3) is 11.0 Å². The summed E-state index contributed by atoms with van der Waals surface area (Å²) in [7, 11) is 0. The molecule has 0 radical (unpaired) electrons. The number of rotatable bonds is 8. The Hall–Kier alpha value is -1.53. The second kappa shape index (κ2) is 7.84. The van der Waals surface area contributed by atoms with E-state index in [1.807, 2.05) is 24.3 Å². The van der Waals surface area contributed by atoms with E-state index in [1.54, 1.807) is 11.8 Å². The van der Waals surface area contributed by atoms with Gasteiger partial charge in [-0.05, 0) is 31.9 Å². The van der Waals surface area contributed by atoms with Gasteiger partial charge in [-0.1, -0.05) is 26.0 Å². The molecule has 1 heterocycles. The van der Waals surface area contributed by atoms with Crippen LogP contribution in [0.15, 0.2) is 24.3 Å². The van der Waals surface area contributed by atoms with E-state index in [9.17, 15) is 4.79 Å².